The maximum atomic E-state index is 12.3. The second kappa shape index (κ2) is 5.54. The standard InChI is InChI=1S/C13H18N4O3/c1-9-6-16-10(7-15-9)11(18)17-4-5-20-13(2,8-17)12(19)14-3/h6-7H,4-5,8H2,1-3H3,(H,14,19). The number of amides is 2. The summed E-state index contributed by atoms with van der Waals surface area (Å²) in [5, 5.41) is 2.55. The van der Waals surface area contributed by atoms with E-state index in [0.717, 1.165) is 5.69 Å². The largest absolute Gasteiger partial charge is 0.362 e. The Morgan fingerprint density at radius 1 is 1.40 bits per heavy atom. The highest BCUT2D eigenvalue weighted by molar-refractivity contribution is 5.93. The maximum absolute atomic E-state index is 12.3. The number of hydrogen-bond donors (Lipinski definition) is 1. The number of likely N-dealkylation sites (N-methyl/N-ethyl adjacent to an activating group) is 1. The van der Waals surface area contributed by atoms with Crippen molar-refractivity contribution in [2.75, 3.05) is 26.7 Å². The molecule has 0 aromatic carbocycles. The molecule has 0 bridgehead atoms. The SMILES string of the molecule is CNC(=O)C1(C)CN(C(=O)c2cnc(C)cn2)CCO1. The number of hydrogen-bond acceptors (Lipinski definition) is 5. The van der Waals surface area contributed by atoms with Crippen LogP contribution in [-0.4, -0.2) is 59.0 Å². The number of aryl methyl sites for hydroxylation is 1. The number of ether oxygens (including phenoxy) is 1. The topological polar surface area (TPSA) is 84.4 Å². The van der Waals surface area contributed by atoms with Gasteiger partial charge in [0.25, 0.3) is 11.8 Å². The molecule has 0 spiro atoms. The van der Waals surface area contributed by atoms with Crippen molar-refractivity contribution in [2.24, 2.45) is 0 Å². The van der Waals surface area contributed by atoms with E-state index in [4.69, 9.17) is 4.74 Å². The highest BCUT2D eigenvalue weighted by Gasteiger charge is 2.40. The van der Waals surface area contributed by atoms with Crippen LogP contribution in [-0.2, 0) is 9.53 Å². The molecule has 7 heteroatoms. The Morgan fingerprint density at radius 3 is 2.75 bits per heavy atom. The highest BCUT2D eigenvalue weighted by Crippen LogP contribution is 2.19. The lowest BCUT2D eigenvalue weighted by atomic mass is 10.0. The second-order valence-corrected chi connectivity index (χ2v) is 4.93. The molecular weight excluding hydrogens is 260 g/mol. The number of carbonyl (C=O) groups is 2. The predicted molar refractivity (Wildman–Crippen MR) is 71.1 cm³/mol. The van der Waals surface area contributed by atoms with Crippen molar-refractivity contribution in [3.8, 4) is 0 Å². The number of aromatic nitrogens is 2. The van der Waals surface area contributed by atoms with Crippen molar-refractivity contribution in [3.63, 3.8) is 0 Å². The van der Waals surface area contributed by atoms with Gasteiger partial charge in [0.2, 0.25) is 0 Å². The Hall–Kier alpha value is -2.02. The van der Waals surface area contributed by atoms with Gasteiger partial charge in [0.15, 0.2) is 5.60 Å². The van der Waals surface area contributed by atoms with E-state index in [2.05, 4.69) is 15.3 Å². The molecule has 108 valence electrons. The number of nitrogens with zero attached hydrogens (tertiary/aromatic N) is 3. The second-order valence-electron chi connectivity index (χ2n) is 4.93. The van der Waals surface area contributed by atoms with Crippen molar-refractivity contribution in [3.05, 3.63) is 23.8 Å². The Kier molecular flexibility index (Phi) is 3.99. The Morgan fingerprint density at radius 2 is 2.15 bits per heavy atom. The van der Waals surface area contributed by atoms with Gasteiger partial charge in [0, 0.05) is 19.8 Å². The molecule has 1 fully saturated rings. The molecule has 1 unspecified atom stereocenters. The third-order valence-corrected chi connectivity index (χ3v) is 3.27. The van der Waals surface area contributed by atoms with E-state index in [1.54, 1.807) is 32.0 Å². The predicted octanol–water partition coefficient (Wildman–Crippen LogP) is -0.238. The summed E-state index contributed by atoms with van der Waals surface area (Å²) in [6.07, 6.45) is 3.00. The van der Waals surface area contributed by atoms with Crippen LogP contribution in [0.2, 0.25) is 0 Å². The van der Waals surface area contributed by atoms with Gasteiger partial charge in [0.05, 0.1) is 25.0 Å². The van der Waals surface area contributed by atoms with Crippen LogP contribution in [0.4, 0.5) is 0 Å². The first kappa shape index (κ1) is 14.4. The molecule has 2 amide bonds. The van der Waals surface area contributed by atoms with Crippen LogP contribution in [0.5, 0.6) is 0 Å². The normalized spacial score (nSPS) is 22.4. The molecule has 2 rings (SSSR count). The molecule has 20 heavy (non-hydrogen) atoms. The first-order valence-corrected chi connectivity index (χ1v) is 6.40. The maximum Gasteiger partial charge on any atom is 0.274 e. The van der Waals surface area contributed by atoms with E-state index in [1.165, 1.54) is 6.20 Å². The lowest BCUT2D eigenvalue weighted by molar-refractivity contribution is -0.153. The van der Waals surface area contributed by atoms with Gasteiger partial charge in [-0.25, -0.2) is 4.98 Å². The first-order valence-electron chi connectivity index (χ1n) is 6.40. The van der Waals surface area contributed by atoms with Crippen LogP contribution in [0.3, 0.4) is 0 Å². The quantitative estimate of drug-likeness (QED) is 0.807. The number of carbonyl (C=O) groups excluding carboxylic acids is 2. The third-order valence-electron chi connectivity index (χ3n) is 3.27. The average Bonchev–Trinajstić information content (AvgIpc) is 2.46. The lowest BCUT2D eigenvalue weighted by Gasteiger charge is -2.38. The molecule has 2 heterocycles. The van der Waals surface area contributed by atoms with Crippen LogP contribution in [0.1, 0.15) is 23.1 Å². The summed E-state index contributed by atoms with van der Waals surface area (Å²) >= 11 is 0. The minimum absolute atomic E-state index is 0.195. The summed E-state index contributed by atoms with van der Waals surface area (Å²) in [4.78, 5) is 33.9. The van der Waals surface area contributed by atoms with Crippen LogP contribution in [0.15, 0.2) is 12.4 Å². The van der Waals surface area contributed by atoms with Crippen LogP contribution >= 0.6 is 0 Å². The van der Waals surface area contributed by atoms with E-state index in [0.29, 0.717) is 13.2 Å². The van der Waals surface area contributed by atoms with E-state index < -0.39 is 5.60 Å². The van der Waals surface area contributed by atoms with E-state index >= 15 is 0 Å². The fourth-order valence-electron chi connectivity index (χ4n) is 2.11. The summed E-state index contributed by atoms with van der Waals surface area (Å²) < 4.78 is 5.51. The lowest BCUT2D eigenvalue weighted by Crippen LogP contribution is -2.58. The molecule has 1 atom stereocenters. The van der Waals surface area contributed by atoms with E-state index in [-0.39, 0.29) is 24.1 Å². The van der Waals surface area contributed by atoms with Crippen LogP contribution in [0, 0.1) is 6.92 Å². The molecule has 7 nitrogen and oxygen atoms in total. The molecule has 1 aromatic rings. The zero-order valence-corrected chi connectivity index (χ0v) is 11.8. The van der Waals surface area contributed by atoms with Crippen molar-refractivity contribution >= 4 is 11.8 Å². The monoisotopic (exact) mass is 278 g/mol. The minimum Gasteiger partial charge on any atom is -0.362 e. The average molecular weight is 278 g/mol. The summed E-state index contributed by atoms with van der Waals surface area (Å²) in [7, 11) is 1.54. The van der Waals surface area contributed by atoms with Gasteiger partial charge in [-0.2, -0.15) is 0 Å². The number of morpholine rings is 1. The minimum atomic E-state index is -1.03. The Bertz CT molecular complexity index is 517. The smallest absolute Gasteiger partial charge is 0.274 e. The van der Waals surface area contributed by atoms with Gasteiger partial charge in [-0.3, -0.25) is 14.6 Å². The fourth-order valence-corrected chi connectivity index (χ4v) is 2.11. The molecule has 0 radical (unpaired) electrons. The molecule has 1 saturated heterocycles. The molecule has 1 aliphatic rings. The van der Waals surface area contributed by atoms with Crippen LogP contribution < -0.4 is 5.32 Å². The highest BCUT2D eigenvalue weighted by atomic mass is 16.5. The molecular formula is C13H18N4O3. The van der Waals surface area contributed by atoms with E-state index in [1.807, 2.05) is 0 Å². The molecule has 0 saturated carbocycles. The molecule has 0 aliphatic carbocycles. The van der Waals surface area contributed by atoms with E-state index in [9.17, 15) is 9.59 Å². The number of nitrogens with one attached hydrogen (secondary N) is 1. The molecule has 1 aliphatic heterocycles. The summed E-state index contributed by atoms with van der Waals surface area (Å²) in [5.74, 6) is -0.485. The Balaban J connectivity index is 2.14. The number of rotatable bonds is 2. The molecule has 1 N–H and O–H groups in total. The summed E-state index contributed by atoms with van der Waals surface area (Å²) in [6, 6.07) is 0. The van der Waals surface area contributed by atoms with Gasteiger partial charge in [0.1, 0.15) is 5.69 Å². The third kappa shape index (κ3) is 2.77. The van der Waals surface area contributed by atoms with Crippen LogP contribution in [0.25, 0.3) is 0 Å². The van der Waals surface area contributed by atoms with Gasteiger partial charge in [-0.1, -0.05) is 0 Å². The van der Waals surface area contributed by atoms with Gasteiger partial charge in [-0.05, 0) is 13.8 Å². The fraction of sp³-hybridized carbons (Fsp3) is 0.538. The Labute approximate surface area is 117 Å². The van der Waals surface area contributed by atoms with Crippen molar-refractivity contribution in [1.29, 1.82) is 0 Å². The van der Waals surface area contributed by atoms with Crippen molar-refractivity contribution in [2.45, 2.75) is 19.4 Å². The van der Waals surface area contributed by atoms with Crippen molar-refractivity contribution in [1.82, 2.24) is 20.2 Å². The zero-order chi connectivity index (χ0) is 14.8. The summed E-state index contributed by atoms with van der Waals surface area (Å²) in [5.41, 5.74) is -0.00340. The summed E-state index contributed by atoms with van der Waals surface area (Å²) in [6.45, 7) is 4.42. The van der Waals surface area contributed by atoms with Crippen molar-refractivity contribution < 1.29 is 14.3 Å². The van der Waals surface area contributed by atoms with Gasteiger partial charge >= 0.3 is 0 Å². The van der Waals surface area contributed by atoms with Gasteiger partial charge in [-0.15, -0.1) is 0 Å². The molecule has 1 aromatic heterocycles. The van der Waals surface area contributed by atoms with Gasteiger partial charge < -0.3 is 15.0 Å². The zero-order valence-electron chi connectivity index (χ0n) is 11.8. The first-order chi connectivity index (χ1) is 9.46.